The minimum absolute atomic E-state index is 0.0271. The molecule has 0 aliphatic carbocycles. The maximum absolute atomic E-state index is 12.9. The number of rotatable bonds is 4. The van der Waals surface area contributed by atoms with Crippen LogP contribution < -0.4 is 16.4 Å². The van der Waals surface area contributed by atoms with Gasteiger partial charge in [0.05, 0.1) is 28.9 Å². The van der Waals surface area contributed by atoms with Crippen LogP contribution >= 0.6 is 11.6 Å². The summed E-state index contributed by atoms with van der Waals surface area (Å²) in [4.78, 5) is 38.2. The Balaban J connectivity index is 1.59. The number of nitrogens with zero attached hydrogens (tertiary/aromatic N) is 3. The van der Waals surface area contributed by atoms with Crippen LogP contribution in [0.4, 0.5) is 0 Å². The first kappa shape index (κ1) is 21.3. The third-order valence-corrected chi connectivity index (χ3v) is 5.09. The number of carbonyl (C=O) groups excluding carboxylic acids is 2. The molecular weight excluding hydrogens is 432 g/mol. The number of H-pyrrole nitrogens is 1. The minimum atomic E-state index is -0.652. The number of hydrogen-bond acceptors (Lipinski definition) is 5. The second-order valence-electron chi connectivity index (χ2n) is 7.31. The topological polar surface area (TPSA) is 122 Å². The molecule has 0 aliphatic heterocycles. The number of aromatic nitrogens is 4. The molecule has 162 valence electrons. The summed E-state index contributed by atoms with van der Waals surface area (Å²) in [7, 11) is 0. The summed E-state index contributed by atoms with van der Waals surface area (Å²) < 4.78 is 1.24. The molecule has 0 fully saturated rings. The van der Waals surface area contributed by atoms with Gasteiger partial charge in [0.15, 0.2) is 5.69 Å². The molecule has 0 spiro atoms. The van der Waals surface area contributed by atoms with Crippen LogP contribution in [-0.2, 0) is 0 Å². The van der Waals surface area contributed by atoms with Gasteiger partial charge in [-0.15, -0.1) is 0 Å². The van der Waals surface area contributed by atoms with Gasteiger partial charge in [-0.25, -0.2) is 4.68 Å². The molecule has 2 aromatic carbocycles. The molecule has 4 rings (SSSR count). The van der Waals surface area contributed by atoms with E-state index in [-0.39, 0.29) is 22.9 Å². The van der Waals surface area contributed by atoms with E-state index in [2.05, 4.69) is 26.1 Å². The maximum Gasteiger partial charge on any atom is 0.290 e. The largest absolute Gasteiger partial charge is 0.290 e. The van der Waals surface area contributed by atoms with E-state index in [0.29, 0.717) is 27.1 Å². The second kappa shape index (κ2) is 8.64. The second-order valence-corrected chi connectivity index (χ2v) is 7.75. The predicted molar refractivity (Wildman–Crippen MR) is 120 cm³/mol. The molecular formula is C22H19ClN6O3. The van der Waals surface area contributed by atoms with Gasteiger partial charge >= 0.3 is 0 Å². The van der Waals surface area contributed by atoms with Gasteiger partial charge in [-0.3, -0.25) is 30.3 Å². The monoisotopic (exact) mass is 450 g/mol. The fraction of sp³-hybridized carbons (Fsp3) is 0.136. The predicted octanol–water partition coefficient (Wildman–Crippen LogP) is 3.10. The Hall–Kier alpha value is -3.98. The number of hydrogen-bond donors (Lipinski definition) is 3. The van der Waals surface area contributed by atoms with Crippen LogP contribution in [0.25, 0.3) is 22.0 Å². The van der Waals surface area contributed by atoms with Crippen molar-refractivity contribution in [1.29, 1.82) is 0 Å². The Labute approximate surface area is 187 Å². The maximum atomic E-state index is 12.9. The average Bonchev–Trinajstić information content (AvgIpc) is 3.28. The first-order valence-corrected chi connectivity index (χ1v) is 10.2. The van der Waals surface area contributed by atoms with E-state index in [4.69, 9.17) is 11.6 Å². The van der Waals surface area contributed by atoms with Crippen LogP contribution in [0, 0.1) is 0 Å². The van der Waals surface area contributed by atoms with Crippen molar-refractivity contribution in [2.45, 2.75) is 19.9 Å². The summed E-state index contributed by atoms with van der Waals surface area (Å²) in [5.41, 5.74) is 5.91. The summed E-state index contributed by atoms with van der Waals surface area (Å²) >= 11 is 5.92. The molecule has 0 saturated heterocycles. The van der Waals surface area contributed by atoms with Gasteiger partial charge in [0, 0.05) is 16.0 Å². The molecule has 2 aromatic heterocycles. The molecule has 2 heterocycles. The van der Waals surface area contributed by atoms with Crippen LogP contribution in [0.15, 0.2) is 59.5 Å². The van der Waals surface area contributed by atoms with Crippen LogP contribution in [-0.4, -0.2) is 31.8 Å². The smallest absolute Gasteiger partial charge is 0.277 e. The minimum Gasteiger partial charge on any atom is -0.277 e. The van der Waals surface area contributed by atoms with E-state index in [1.54, 1.807) is 62.4 Å². The molecule has 3 N–H and O–H groups in total. The van der Waals surface area contributed by atoms with Crippen molar-refractivity contribution in [3.8, 4) is 11.3 Å². The van der Waals surface area contributed by atoms with Gasteiger partial charge < -0.3 is 0 Å². The molecule has 0 atom stereocenters. The van der Waals surface area contributed by atoms with Crippen molar-refractivity contribution < 1.29 is 9.59 Å². The Kier molecular flexibility index (Phi) is 5.74. The van der Waals surface area contributed by atoms with E-state index >= 15 is 0 Å². The molecule has 0 aliphatic rings. The summed E-state index contributed by atoms with van der Waals surface area (Å²) in [6.07, 6.45) is 1.36. The first-order chi connectivity index (χ1) is 15.4. The zero-order valence-electron chi connectivity index (χ0n) is 17.2. The van der Waals surface area contributed by atoms with Crippen LogP contribution in [0.2, 0.25) is 5.02 Å². The molecule has 0 radical (unpaired) electrons. The average molecular weight is 451 g/mol. The highest BCUT2D eigenvalue weighted by Gasteiger charge is 2.20. The lowest BCUT2D eigenvalue weighted by Gasteiger charge is -2.13. The van der Waals surface area contributed by atoms with E-state index < -0.39 is 11.8 Å². The van der Waals surface area contributed by atoms with Crippen molar-refractivity contribution in [3.63, 3.8) is 0 Å². The van der Waals surface area contributed by atoms with Crippen molar-refractivity contribution in [2.24, 2.45) is 0 Å². The lowest BCUT2D eigenvalue weighted by molar-refractivity contribution is 0.0844. The van der Waals surface area contributed by atoms with Crippen LogP contribution in [0.3, 0.4) is 0 Å². The summed E-state index contributed by atoms with van der Waals surface area (Å²) in [6.45, 7) is 3.59. The number of amides is 2. The Morgan fingerprint density at radius 1 is 1.00 bits per heavy atom. The first-order valence-electron chi connectivity index (χ1n) is 9.78. The normalized spacial score (nSPS) is 11.0. The standard InChI is InChI=1S/C22H19ClN6O3/c1-12(2)29-22(32)16-6-4-3-5-15(16)19(28-29)21(31)27-26-20(30)17-11-24-25-18(17)13-7-9-14(23)10-8-13/h3-12H,1-2H3,(H,24,25)(H,26,30)(H,27,31). The Morgan fingerprint density at radius 3 is 2.34 bits per heavy atom. The fourth-order valence-corrected chi connectivity index (χ4v) is 3.39. The van der Waals surface area contributed by atoms with Crippen LogP contribution in [0.5, 0.6) is 0 Å². The summed E-state index contributed by atoms with van der Waals surface area (Å²) in [5, 5.41) is 12.3. The van der Waals surface area contributed by atoms with E-state index in [1.165, 1.54) is 10.9 Å². The van der Waals surface area contributed by atoms with E-state index in [9.17, 15) is 14.4 Å². The number of fused-ring (bicyclic) bond motifs is 1. The van der Waals surface area contributed by atoms with Crippen LogP contribution in [0.1, 0.15) is 40.7 Å². The third kappa shape index (κ3) is 3.97. The molecule has 0 unspecified atom stereocenters. The molecule has 0 bridgehead atoms. The molecule has 32 heavy (non-hydrogen) atoms. The van der Waals surface area contributed by atoms with Gasteiger partial charge in [-0.2, -0.15) is 10.2 Å². The lowest BCUT2D eigenvalue weighted by Crippen LogP contribution is -2.43. The van der Waals surface area contributed by atoms with Gasteiger partial charge in [-0.1, -0.05) is 41.9 Å². The highest BCUT2D eigenvalue weighted by Crippen LogP contribution is 2.23. The summed E-state index contributed by atoms with van der Waals surface area (Å²) in [6, 6.07) is 13.3. The van der Waals surface area contributed by atoms with Crippen molar-refractivity contribution >= 4 is 34.2 Å². The molecule has 4 aromatic rings. The highest BCUT2D eigenvalue weighted by atomic mass is 35.5. The number of carbonyl (C=O) groups is 2. The van der Waals surface area contributed by atoms with Gasteiger partial charge in [0.1, 0.15) is 0 Å². The van der Waals surface area contributed by atoms with Crippen molar-refractivity contribution in [3.05, 3.63) is 81.4 Å². The SMILES string of the molecule is CC(C)n1nc(C(=O)NNC(=O)c2cn[nH]c2-c2ccc(Cl)cc2)c2ccccc2c1=O. The summed E-state index contributed by atoms with van der Waals surface area (Å²) in [5.74, 6) is -1.22. The number of aromatic amines is 1. The molecule has 2 amide bonds. The Morgan fingerprint density at radius 2 is 1.66 bits per heavy atom. The number of nitrogens with one attached hydrogen (secondary N) is 3. The van der Waals surface area contributed by atoms with E-state index in [0.717, 1.165) is 0 Å². The molecule has 10 heteroatoms. The highest BCUT2D eigenvalue weighted by molar-refractivity contribution is 6.30. The van der Waals surface area contributed by atoms with Gasteiger partial charge in [0.2, 0.25) is 0 Å². The lowest BCUT2D eigenvalue weighted by atomic mass is 10.1. The fourth-order valence-electron chi connectivity index (χ4n) is 3.26. The number of benzene rings is 2. The van der Waals surface area contributed by atoms with Gasteiger partial charge in [-0.05, 0) is 32.0 Å². The number of halogens is 1. The molecule has 0 saturated carbocycles. The third-order valence-electron chi connectivity index (χ3n) is 4.84. The quantitative estimate of drug-likeness (QED) is 0.412. The zero-order valence-corrected chi connectivity index (χ0v) is 18.0. The van der Waals surface area contributed by atoms with Crippen molar-refractivity contribution in [1.82, 2.24) is 30.8 Å². The van der Waals surface area contributed by atoms with Crippen molar-refractivity contribution in [2.75, 3.05) is 0 Å². The van der Waals surface area contributed by atoms with Gasteiger partial charge in [0.25, 0.3) is 17.4 Å². The molecule has 9 nitrogen and oxygen atoms in total. The number of hydrazine groups is 1. The van der Waals surface area contributed by atoms with E-state index in [1.807, 2.05) is 0 Å². The Bertz CT molecular complexity index is 1370. The zero-order chi connectivity index (χ0) is 22.8.